The molecule has 0 aromatic carbocycles. The number of amides is 1. The topological polar surface area (TPSA) is 89.5 Å². The van der Waals surface area contributed by atoms with Crippen LogP contribution in [-0.4, -0.2) is 53.8 Å². The van der Waals surface area contributed by atoms with Crippen LogP contribution in [0, 0.1) is 0 Å². The molecule has 0 bridgehead atoms. The van der Waals surface area contributed by atoms with Crippen molar-refractivity contribution < 1.29 is 14.3 Å². The summed E-state index contributed by atoms with van der Waals surface area (Å²) >= 11 is 0. The number of carbonyl (C=O) groups excluding carboxylic acids is 1. The van der Waals surface area contributed by atoms with E-state index in [2.05, 4.69) is 25.2 Å². The molecular weight excluding hydrogens is 322 g/mol. The van der Waals surface area contributed by atoms with E-state index >= 15 is 0 Å². The molecule has 8 nitrogen and oxygen atoms in total. The maximum absolute atomic E-state index is 12.2. The molecule has 2 aromatic rings. The van der Waals surface area contributed by atoms with E-state index in [1.807, 2.05) is 13.0 Å². The lowest BCUT2D eigenvalue weighted by atomic mass is 10.2. The standard InChI is InChI=1S/C17H21N5O3/c1-2-25-16-4-3-13(11-19-16)17(23)20-12-14-18-6-5-15(21-14)22-7-9-24-10-8-22/h3-6,11H,2,7-10,12H2,1H3,(H,20,23). The Morgan fingerprint density at radius 3 is 2.84 bits per heavy atom. The van der Waals surface area contributed by atoms with Gasteiger partial charge in [-0.1, -0.05) is 0 Å². The van der Waals surface area contributed by atoms with Crippen LogP contribution in [0.15, 0.2) is 30.6 Å². The van der Waals surface area contributed by atoms with Gasteiger partial charge >= 0.3 is 0 Å². The molecule has 0 unspecified atom stereocenters. The molecule has 0 saturated carbocycles. The normalized spacial score (nSPS) is 14.2. The first-order chi connectivity index (χ1) is 12.3. The average Bonchev–Trinajstić information content (AvgIpc) is 2.68. The summed E-state index contributed by atoms with van der Waals surface area (Å²) in [4.78, 5) is 27.2. The summed E-state index contributed by atoms with van der Waals surface area (Å²) in [5.74, 6) is 1.69. The van der Waals surface area contributed by atoms with Crippen molar-refractivity contribution in [2.24, 2.45) is 0 Å². The number of rotatable bonds is 6. The van der Waals surface area contributed by atoms with E-state index in [1.165, 1.54) is 6.20 Å². The van der Waals surface area contributed by atoms with Crippen LogP contribution in [0.1, 0.15) is 23.1 Å². The van der Waals surface area contributed by atoms with Crippen molar-refractivity contribution in [3.8, 4) is 5.88 Å². The molecule has 3 rings (SSSR count). The Morgan fingerprint density at radius 1 is 1.28 bits per heavy atom. The number of hydrogen-bond donors (Lipinski definition) is 1. The lowest BCUT2D eigenvalue weighted by Crippen LogP contribution is -2.37. The molecule has 0 radical (unpaired) electrons. The number of pyridine rings is 1. The van der Waals surface area contributed by atoms with Crippen LogP contribution in [0.5, 0.6) is 5.88 Å². The lowest BCUT2D eigenvalue weighted by molar-refractivity contribution is 0.0949. The van der Waals surface area contributed by atoms with Crippen molar-refractivity contribution in [1.29, 1.82) is 0 Å². The minimum atomic E-state index is -0.226. The van der Waals surface area contributed by atoms with Crippen LogP contribution in [0.3, 0.4) is 0 Å². The molecule has 25 heavy (non-hydrogen) atoms. The number of nitrogens with one attached hydrogen (secondary N) is 1. The minimum Gasteiger partial charge on any atom is -0.478 e. The molecule has 8 heteroatoms. The molecule has 132 valence electrons. The summed E-state index contributed by atoms with van der Waals surface area (Å²) in [5, 5.41) is 2.81. The summed E-state index contributed by atoms with van der Waals surface area (Å²) in [6.07, 6.45) is 3.20. The van der Waals surface area contributed by atoms with E-state index in [4.69, 9.17) is 9.47 Å². The molecule has 1 saturated heterocycles. The second-order valence-electron chi connectivity index (χ2n) is 5.43. The smallest absolute Gasteiger partial charge is 0.253 e. The SMILES string of the molecule is CCOc1ccc(C(=O)NCc2nccc(N3CCOCC3)n2)cn1. The van der Waals surface area contributed by atoms with Crippen LogP contribution in [0.25, 0.3) is 0 Å². The fourth-order valence-corrected chi connectivity index (χ4v) is 2.45. The Hall–Kier alpha value is -2.74. The number of nitrogens with zero attached hydrogens (tertiary/aromatic N) is 4. The van der Waals surface area contributed by atoms with Gasteiger partial charge in [-0.25, -0.2) is 15.0 Å². The average molecular weight is 343 g/mol. The first-order valence-electron chi connectivity index (χ1n) is 8.28. The third-order valence-corrected chi connectivity index (χ3v) is 3.72. The molecule has 1 aliphatic heterocycles. The minimum absolute atomic E-state index is 0.226. The highest BCUT2D eigenvalue weighted by molar-refractivity contribution is 5.93. The Morgan fingerprint density at radius 2 is 2.12 bits per heavy atom. The highest BCUT2D eigenvalue weighted by Crippen LogP contribution is 2.12. The van der Waals surface area contributed by atoms with Gasteiger partial charge in [0.1, 0.15) is 11.6 Å². The number of morpholine rings is 1. The van der Waals surface area contributed by atoms with E-state index in [0.29, 0.717) is 37.1 Å². The van der Waals surface area contributed by atoms with Gasteiger partial charge in [0.2, 0.25) is 5.88 Å². The zero-order valence-corrected chi connectivity index (χ0v) is 14.1. The van der Waals surface area contributed by atoms with Crippen LogP contribution >= 0.6 is 0 Å². The fraction of sp³-hybridized carbons (Fsp3) is 0.412. The number of anilines is 1. The van der Waals surface area contributed by atoms with Gasteiger partial charge in [-0.05, 0) is 19.1 Å². The van der Waals surface area contributed by atoms with E-state index in [-0.39, 0.29) is 12.5 Å². The lowest BCUT2D eigenvalue weighted by Gasteiger charge is -2.27. The summed E-state index contributed by atoms with van der Waals surface area (Å²) in [7, 11) is 0. The quantitative estimate of drug-likeness (QED) is 0.838. The third-order valence-electron chi connectivity index (χ3n) is 3.72. The fourth-order valence-electron chi connectivity index (χ4n) is 2.45. The van der Waals surface area contributed by atoms with Crippen LogP contribution < -0.4 is 15.0 Å². The van der Waals surface area contributed by atoms with Crippen molar-refractivity contribution in [3.63, 3.8) is 0 Å². The van der Waals surface area contributed by atoms with Crippen LogP contribution in [-0.2, 0) is 11.3 Å². The van der Waals surface area contributed by atoms with Gasteiger partial charge < -0.3 is 19.7 Å². The van der Waals surface area contributed by atoms with Crippen molar-refractivity contribution in [3.05, 3.63) is 42.0 Å². The first-order valence-corrected chi connectivity index (χ1v) is 8.28. The summed E-state index contributed by atoms with van der Waals surface area (Å²) in [6, 6.07) is 5.22. The molecule has 0 aliphatic carbocycles. The zero-order chi connectivity index (χ0) is 17.5. The van der Waals surface area contributed by atoms with Crippen molar-refractivity contribution >= 4 is 11.7 Å². The number of aromatic nitrogens is 3. The molecule has 1 amide bonds. The van der Waals surface area contributed by atoms with Gasteiger partial charge in [-0.3, -0.25) is 4.79 Å². The number of hydrogen-bond acceptors (Lipinski definition) is 7. The van der Waals surface area contributed by atoms with Gasteiger partial charge in [-0.15, -0.1) is 0 Å². The summed E-state index contributed by atoms with van der Waals surface area (Å²) in [6.45, 7) is 5.68. The highest BCUT2D eigenvalue weighted by atomic mass is 16.5. The third kappa shape index (κ3) is 4.63. The van der Waals surface area contributed by atoms with E-state index in [9.17, 15) is 4.79 Å². The molecule has 3 heterocycles. The zero-order valence-electron chi connectivity index (χ0n) is 14.1. The predicted molar refractivity (Wildman–Crippen MR) is 91.6 cm³/mol. The Kier molecular flexibility index (Phi) is 5.73. The molecular formula is C17H21N5O3. The van der Waals surface area contributed by atoms with Crippen LogP contribution in [0.2, 0.25) is 0 Å². The summed E-state index contributed by atoms with van der Waals surface area (Å²) < 4.78 is 10.6. The second kappa shape index (κ2) is 8.39. The highest BCUT2D eigenvalue weighted by Gasteiger charge is 2.13. The maximum Gasteiger partial charge on any atom is 0.253 e. The molecule has 2 aromatic heterocycles. The largest absolute Gasteiger partial charge is 0.478 e. The van der Waals surface area contributed by atoms with Crippen molar-refractivity contribution in [2.75, 3.05) is 37.8 Å². The predicted octanol–water partition coefficient (Wildman–Crippen LogP) is 1.04. The van der Waals surface area contributed by atoms with E-state index in [0.717, 1.165) is 18.9 Å². The molecule has 1 aliphatic rings. The van der Waals surface area contributed by atoms with Gasteiger partial charge in [-0.2, -0.15) is 0 Å². The maximum atomic E-state index is 12.2. The molecule has 1 N–H and O–H groups in total. The van der Waals surface area contributed by atoms with Gasteiger partial charge in [0.05, 0.1) is 31.9 Å². The van der Waals surface area contributed by atoms with E-state index < -0.39 is 0 Å². The Labute approximate surface area is 146 Å². The van der Waals surface area contributed by atoms with E-state index in [1.54, 1.807) is 18.3 Å². The van der Waals surface area contributed by atoms with Gasteiger partial charge in [0.25, 0.3) is 5.91 Å². The van der Waals surface area contributed by atoms with Crippen LogP contribution in [0.4, 0.5) is 5.82 Å². The summed E-state index contributed by atoms with van der Waals surface area (Å²) in [5.41, 5.74) is 0.466. The number of carbonyl (C=O) groups is 1. The van der Waals surface area contributed by atoms with Gasteiger partial charge in [0.15, 0.2) is 0 Å². The van der Waals surface area contributed by atoms with Gasteiger partial charge in [0, 0.05) is 31.5 Å². The molecule has 0 atom stereocenters. The van der Waals surface area contributed by atoms with Crippen molar-refractivity contribution in [2.45, 2.75) is 13.5 Å². The Bertz CT molecular complexity index is 702. The molecule has 0 spiro atoms. The Balaban J connectivity index is 1.58. The number of ether oxygens (including phenoxy) is 2. The monoisotopic (exact) mass is 343 g/mol. The molecule has 1 fully saturated rings. The van der Waals surface area contributed by atoms with Crippen molar-refractivity contribution in [1.82, 2.24) is 20.3 Å². The first kappa shape index (κ1) is 17.1. The second-order valence-corrected chi connectivity index (χ2v) is 5.43.